The molecule has 1 aliphatic carbocycles. The Kier molecular flexibility index (Phi) is 4.69. The number of halogens is 1. The van der Waals surface area contributed by atoms with Crippen LogP contribution >= 0.6 is 11.6 Å². The summed E-state index contributed by atoms with van der Waals surface area (Å²) in [5.41, 5.74) is 2.51. The summed E-state index contributed by atoms with van der Waals surface area (Å²) in [4.78, 5) is 0. The summed E-state index contributed by atoms with van der Waals surface area (Å²) >= 11 is 6.35. The maximum Gasteiger partial charge on any atom is 0.0441 e. The van der Waals surface area contributed by atoms with Crippen LogP contribution in [0, 0.1) is 18.8 Å². The third kappa shape index (κ3) is 3.07. The molecule has 3 atom stereocenters. The number of hydrogen-bond donors (Lipinski definition) is 1. The van der Waals surface area contributed by atoms with E-state index in [2.05, 4.69) is 44.4 Å². The number of likely N-dealkylation sites (N-methyl/N-ethyl adjacent to an activating group) is 1. The van der Waals surface area contributed by atoms with Gasteiger partial charge in [-0.2, -0.15) is 0 Å². The fourth-order valence-corrected chi connectivity index (χ4v) is 3.61. The van der Waals surface area contributed by atoms with Gasteiger partial charge in [-0.3, -0.25) is 0 Å². The van der Waals surface area contributed by atoms with Crippen molar-refractivity contribution in [2.45, 2.75) is 45.6 Å². The Hall–Kier alpha value is -0.530. The Morgan fingerprint density at radius 3 is 2.72 bits per heavy atom. The molecule has 0 saturated heterocycles. The molecule has 2 rings (SSSR count). The maximum absolute atomic E-state index is 6.35. The third-order valence-electron chi connectivity index (χ3n) is 4.46. The second-order valence-electron chi connectivity index (χ2n) is 5.77. The molecule has 100 valence electrons. The van der Waals surface area contributed by atoms with E-state index in [0.717, 1.165) is 23.3 Å². The van der Waals surface area contributed by atoms with Crippen LogP contribution in [0.1, 0.15) is 37.3 Å². The minimum absolute atomic E-state index is 0.558. The van der Waals surface area contributed by atoms with Gasteiger partial charge >= 0.3 is 0 Å². The van der Waals surface area contributed by atoms with Gasteiger partial charge < -0.3 is 5.32 Å². The lowest BCUT2D eigenvalue weighted by Crippen LogP contribution is -2.36. The second kappa shape index (κ2) is 6.08. The van der Waals surface area contributed by atoms with E-state index in [1.54, 1.807) is 0 Å². The van der Waals surface area contributed by atoms with Gasteiger partial charge in [0.05, 0.1) is 0 Å². The van der Waals surface area contributed by atoms with Gasteiger partial charge in [0, 0.05) is 11.1 Å². The zero-order valence-corrected chi connectivity index (χ0v) is 12.4. The molecular weight excluding hydrogens is 242 g/mol. The number of rotatable bonds is 4. The fraction of sp³-hybridized carbons (Fsp3) is 0.625. The van der Waals surface area contributed by atoms with Crippen molar-refractivity contribution >= 4 is 11.6 Å². The first-order valence-electron chi connectivity index (χ1n) is 7.04. The second-order valence-corrected chi connectivity index (χ2v) is 6.17. The van der Waals surface area contributed by atoms with Crippen LogP contribution in [0.5, 0.6) is 0 Å². The quantitative estimate of drug-likeness (QED) is 0.860. The van der Waals surface area contributed by atoms with E-state index in [1.165, 1.54) is 30.4 Å². The molecule has 0 aliphatic heterocycles. The highest BCUT2D eigenvalue weighted by Gasteiger charge is 2.30. The van der Waals surface area contributed by atoms with Gasteiger partial charge in [0.25, 0.3) is 0 Å². The van der Waals surface area contributed by atoms with Crippen molar-refractivity contribution in [3.05, 3.63) is 34.3 Å². The largest absolute Gasteiger partial charge is 0.316 e. The first-order chi connectivity index (χ1) is 8.61. The summed E-state index contributed by atoms with van der Waals surface area (Å²) in [6.45, 7) is 4.48. The summed E-state index contributed by atoms with van der Waals surface area (Å²) in [6, 6.07) is 6.97. The molecular formula is C16H24ClN. The maximum atomic E-state index is 6.35. The number of aryl methyl sites for hydroxylation is 1. The molecule has 1 aliphatic rings. The van der Waals surface area contributed by atoms with Crippen LogP contribution in [0.25, 0.3) is 0 Å². The van der Waals surface area contributed by atoms with Gasteiger partial charge in [-0.05, 0) is 55.8 Å². The van der Waals surface area contributed by atoms with Crippen molar-refractivity contribution in [3.8, 4) is 0 Å². The normalized spacial score (nSPS) is 25.3. The van der Waals surface area contributed by atoms with Crippen LogP contribution in [0.4, 0.5) is 0 Å². The SMILES string of the molecule is CNC(Cc1ccc(C)cc1Cl)C1CCCC1C. The molecule has 0 bridgehead atoms. The van der Waals surface area contributed by atoms with Gasteiger partial charge in [0.15, 0.2) is 0 Å². The Balaban J connectivity index is 2.10. The van der Waals surface area contributed by atoms with Gasteiger partial charge in [-0.25, -0.2) is 0 Å². The average molecular weight is 266 g/mol. The lowest BCUT2D eigenvalue weighted by Gasteiger charge is -2.27. The van der Waals surface area contributed by atoms with Gasteiger partial charge in [0.2, 0.25) is 0 Å². The van der Waals surface area contributed by atoms with Crippen molar-refractivity contribution in [2.24, 2.45) is 11.8 Å². The number of benzene rings is 1. The van der Waals surface area contributed by atoms with Crippen LogP contribution < -0.4 is 5.32 Å². The highest BCUT2D eigenvalue weighted by atomic mass is 35.5. The summed E-state index contributed by atoms with van der Waals surface area (Å²) in [7, 11) is 2.08. The van der Waals surface area contributed by atoms with E-state index in [4.69, 9.17) is 11.6 Å². The molecule has 0 amide bonds. The van der Waals surface area contributed by atoms with Crippen LogP contribution in [0.3, 0.4) is 0 Å². The van der Waals surface area contributed by atoms with Crippen molar-refractivity contribution in [2.75, 3.05) is 7.05 Å². The lowest BCUT2D eigenvalue weighted by molar-refractivity contribution is 0.308. The molecule has 18 heavy (non-hydrogen) atoms. The number of nitrogens with one attached hydrogen (secondary N) is 1. The minimum Gasteiger partial charge on any atom is -0.316 e. The van der Waals surface area contributed by atoms with E-state index in [9.17, 15) is 0 Å². The smallest absolute Gasteiger partial charge is 0.0441 e. The van der Waals surface area contributed by atoms with Crippen molar-refractivity contribution in [1.82, 2.24) is 5.32 Å². The average Bonchev–Trinajstić information content (AvgIpc) is 2.75. The highest BCUT2D eigenvalue weighted by molar-refractivity contribution is 6.31. The zero-order chi connectivity index (χ0) is 13.1. The molecule has 0 spiro atoms. The summed E-state index contributed by atoms with van der Waals surface area (Å²) in [5.74, 6) is 1.64. The monoisotopic (exact) mass is 265 g/mol. The first-order valence-corrected chi connectivity index (χ1v) is 7.42. The molecule has 3 unspecified atom stereocenters. The molecule has 1 N–H and O–H groups in total. The van der Waals surface area contributed by atoms with Crippen molar-refractivity contribution in [3.63, 3.8) is 0 Å². The van der Waals surface area contributed by atoms with E-state index in [-0.39, 0.29) is 0 Å². The van der Waals surface area contributed by atoms with E-state index in [1.807, 2.05) is 0 Å². The van der Waals surface area contributed by atoms with Gasteiger partial charge in [-0.1, -0.05) is 43.5 Å². The molecule has 1 saturated carbocycles. The first kappa shape index (κ1) is 13.9. The van der Waals surface area contributed by atoms with Gasteiger partial charge in [-0.15, -0.1) is 0 Å². The Morgan fingerprint density at radius 1 is 1.39 bits per heavy atom. The van der Waals surface area contributed by atoms with Crippen LogP contribution in [0.15, 0.2) is 18.2 Å². The third-order valence-corrected chi connectivity index (χ3v) is 4.82. The summed E-state index contributed by atoms with van der Waals surface area (Å²) < 4.78 is 0. The summed E-state index contributed by atoms with van der Waals surface area (Å²) in [5, 5.41) is 4.42. The Morgan fingerprint density at radius 2 is 2.17 bits per heavy atom. The molecule has 1 fully saturated rings. The van der Waals surface area contributed by atoms with Gasteiger partial charge in [0.1, 0.15) is 0 Å². The van der Waals surface area contributed by atoms with E-state index < -0.39 is 0 Å². The van der Waals surface area contributed by atoms with Crippen LogP contribution in [-0.4, -0.2) is 13.1 Å². The van der Waals surface area contributed by atoms with E-state index in [0.29, 0.717) is 6.04 Å². The minimum atomic E-state index is 0.558. The van der Waals surface area contributed by atoms with Crippen LogP contribution in [-0.2, 0) is 6.42 Å². The fourth-order valence-electron chi connectivity index (χ4n) is 3.29. The predicted octanol–water partition coefficient (Wildman–Crippen LogP) is 4.22. The molecule has 2 heteroatoms. The molecule has 1 aromatic carbocycles. The van der Waals surface area contributed by atoms with Crippen molar-refractivity contribution in [1.29, 1.82) is 0 Å². The molecule has 0 radical (unpaired) electrons. The lowest BCUT2D eigenvalue weighted by atomic mass is 9.86. The number of hydrogen-bond acceptors (Lipinski definition) is 1. The zero-order valence-electron chi connectivity index (χ0n) is 11.7. The molecule has 0 heterocycles. The predicted molar refractivity (Wildman–Crippen MR) is 79.2 cm³/mol. The summed E-state index contributed by atoms with van der Waals surface area (Å²) in [6.07, 6.45) is 5.16. The van der Waals surface area contributed by atoms with Crippen molar-refractivity contribution < 1.29 is 0 Å². The molecule has 1 aromatic rings. The van der Waals surface area contributed by atoms with E-state index >= 15 is 0 Å². The highest BCUT2D eigenvalue weighted by Crippen LogP contribution is 2.35. The molecule has 1 nitrogen and oxygen atoms in total. The topological polar surface area (TPSA) is 12.0 Å². The molecule has 0 aromatic heterocycles. The van der Waals surface area contributed by atoms with Crippen LogP contribution in [0.2, 0.25) is 5.02 Å². The Labute approximate surface area is 116 Å². The Bertz CT molecular complexity index is 402. The standard InChI is InChI=1S/C16H24ClN/c1-11-7-8-13(15(17)9-11)10-16(18-3)14-6-4-5-12(14)2/h7-9,12,14,16,18H,4-6,10H2,1-3H3.